The number of aryl methyl sites for hydroxylation is 1. The van der Waals surface area contributed by atoms with Crippen molar-refractivity contribution in [1.29, 1.82) is 0 Å². The molecule has 3 N–H and O–H groups in total. The fourth-order valence-corrected chi connectivity index (χ4v) is 1.95. The lowest BCUT2D eigenvalue weighted by molar-refractivity contribution is 1.00. The number of anilines is 2. The summed E-state index contributed by atoms with van der Waals surface area (Å²) in [5.41, 5.74) is 2.66. The van der Waals surface area contributed by atoms with Gasteiger partial charge in [0.25, 0.3) is 0 Å². The minimum atomic E-state index is 0.543. The fraction of sp³-hybridized carbons (Fsp3) is 0.231. The lowest BCUT2D eigenvalue weighted by Gasteiger charge is -2.08. The van der Waals surface area contributed by atoms with Gasteiger partial charge in [-0.3, -0.25) is 10.1 Å². The van der Waals surface area contributed by atoms with Crippen molar-refractivity contribution in [3.63, 3.8) is 0 Å². The molecule has 0 fully saturated rings. The number of pyridine rings is 1. The summed E-state index contributed by atoms with van der Waals surface area (Å²) >= 11 is 0. The number of hydrogen-bond donors (Lipinski definition) is 3. The van der Waals surface area contributed by atoms with E-state index in [1.807, 2.05) is 25.1 Å². The van der Waals surface area contributed by atoms with E-state index in [0.29, 0.717) is 18.1 Å². The van der Waals surface area contributed by atoms with Gasteiger partial charge in [-0.05, 0) is 19.1 Å². The van der Waals surface area contributed by atoms with E-state index >= 15 is 0 Å². The highest BCUT2D eigenvalue weighted by atomic mass is 15.2. The van der Waals surface area contributed by atoms with Crippen LogP contribution in [0.1, 0.15) is 11.4 Å². The van der Waals surface area contributed by atoms with Crippen molar-refractivity contribution in [3.8, 4) is 0 Å². The van der Waals surface area contributed by atoms with Gasteiger partial charge in [-0.1, -0.05) is 6.07 Å². The van der Waals surface area contributed by atoms with Gasteiger partial charge in [0.15, 0.2) is 5.65 Å². The third-order valence-corrected chi connectivity index (χ3v) is 2.92. The van der Waals surface area contributed by atoms with E-state index in [-0.39, 0.29) is 0 Å². The minimum absolute atomic E-state index is 0.543. The summed E-state index contributed by atoms with van der Waals surface area (Å²) in [5, 5.41) is 13.9. The van der Waals surface area contributed by atoms with Crippen LogP contribution in [0, 0.1) is 6.92 Å². The second kappa shape index (κ2) is 5.12. The molecule has 7 nitrogen and oxygen atoms in total. The molecule has 0 spiro atoms. The third kappa shape index (κ3) is 2.37. The van der Waals surface area contributed by atoms with Crippen LogP contribution < -0.4 is 10.6 Å². The van der Waals surface area contributed by atoms with Gasteiger partial charge in [0.05, 0.1) is 23.8 Å². The quantitative estimate of drug-likeness (QED) is 0.668. The maximum absolute atomic E-state index is 4.45. The first kappa shape index (κ1) is 12.3. The van der Waals surface area contributed by atoms with E-state index < -0.39 is 0 Å². The molecule has 0 amide bonds. The average molecular weight is 269 g/mol. The summed E-state index contributed by atoms with van der Waals surface area (Å²) in [5.74, 6) is 1.28. The lowest BCUT2D eigenvalue weighted by atomic mass is 10.3. The molecule has 3 rings (SSSR count). The van der Waals surface area contributed by atoms with Crippen LogP contribution in [-0.2, 0) is 6.54 Å². The molecule has 102 valence electrons. The normalized spacial score (nSPS) is 10.7. The first-order valence-corrected chi connectivity index (χ1v) is 6.31. The maximum Gasteiger partial charge on any atom is 0.226 e. The Morgan fingerprint density at radius 3 is 2.90 bits per heavy atom. The van der Waals surface area contributed by atoms with Gasteiger partial charge in [0.2, 0.25) is 5.95 Å². The van der Waals surface area contributed by atoms with Gasteiger partial charge in [0, 0.05) is 12.7 Å². The molecule has 0 unspecified atom stereocenters. The van der Waals surface area contributed by atoms with Crippen molar-refractivity contribution < 1.29 is 0 Å². The number of nitrogens with zero attached hydrogens (tertiary/aromatic N) is 4. The van der Waals surface area contributed by atoms with Crippen molar-refractivity contribution in [1.82, 2.24) is 25.1 Å². The zero-order chi connectivity index (χ0) is 13.9. The number of fused-ring (bicyclic) bond motifs is 1. The third-order valence-electron chi connectivity index (χ3n) is 2.92. The number of H-pyrrole nitrogens is 1. The number of nitrogens with one attached hydrogen (secondary N) is 3. The monoisotopic (exact) mass is 269 g/mol. The summed E-state index contributed by atoms with van der Waals surface area (Å²) in [7, 11) is 1.78. The Bertz CT molecular complexity index is 734. The van der Waals surface area contributed by atoms with Crippen LogP contribution >= 0.6 is 0 Å². The largest absolute Gasteiger partial charge is 0.364 e. The molecule has 0 saturated carbocycles. The molecular formula is C13H15N7. The maximum atomic E-state index is 4.45. The molecule has 0 saturated heterocycles. The molecule has 0 aliphatic rings. The Morgan fingerprint density at radius 2 is 2.10 bits per heavy atom. The number of aromatic amines is 1. The van der Waals surface area contributed by atoms with Crippen molar-refractivity contribution >= 4 is 22.8 Å². The predicted molar refractivity (Wildman–Crippen MR) is 77.5 cm³/mol. The zero-order valence-corrected chi connectivity index (χ0v) is 11.3. The molecule has 0 radical (unpaired) electrons. The van der Waals surface area contributed by atoms with Gasteiger partial charge in [-0.15, -0.1) is 0 Å². The molecule has 0 bridgehead atoms. The van der Waals surface area contributed by atoms with Crippen LogP contribution in [-0.4, -0.2) is 32.2 Å². The van der Waals surface area contributed by atoms with E-state index in [0.717, 1.165) is 22.6 Å². The Balaban J connectivity index is 1.88. The standard InChI is InChI=1S/C13H15N7/c1-8-4-3-5-9(17-8)6-15-11-10-7-16-20-12(10)19-13(14-2)18-11/h3-5,7H,6H2,1-2H3,(H3,14,15,16,18,19,20). The Morgan fingerprint density at radius 1 is 1.20 bits per heavy atom. The summed E-state index contributed by atoms with van der Waals surface area (Å²) in [6, 6.07) is 5.94. The molecule has 0 aromatic carbocycles. The Hall–Kier alpha value is -2.70. The van der Waals surface area contributed by atoms with Crippen LogP contribution in [0.2, 0.25) is 0 Å². The Kier molecular flexibility index (Phi) is 3.16. The second-order valence-electron chi connectivity index (χ2n) is 4.40. The van der Waals surface area contributed by atoms with Crippen LogP contribution in [0.25, 0.3) is 11.0 Å². The first-order chi connectivity index (χ1) is 9.76. The molecule has 3 aromatic rings. The van der Waals surface area contributed by atoms with Crippen molar-refractivity contribution in [2.45, 2.75) is 13.5 Å². The van der Waals surface area contributed by atoms with E-state index in [1.165, 1.54) is 0 Å². The van der Waals surface area contributed by atoms with E-state index in [1.54, 1.807) is 13.2 Å². The highest BCUT2D eigenvalue weighted by Gasteiger charge is 2.08. The molecule has 3 aromatic heterocycles. The lowest BCUT2D eigenvalue weighted by Crippen LogP contribution is -2.06. The van der Waals surface area contributed by atoms with Crippen LogP contribution in [0.5, 0.6) is 0 Å². The summed E-state index contributed by atoms with van der Waals surface area (Å²) in [6.07, 6.45) is 1.71. The van der Waals surface area contributed by atoms with Gasteiger partial charge < -0.3 is 10.6 Å². The molecule has 20 heavy (non-hydrogen) atoms. The molecule has 0 aliphatic heterocycles. The topological polar surface area (TPSA) is 91.4 Å². The number of rotatable bonds is 4. The summed E-state index contributed by atoms with van der Waals surface area (Å²) in [6.45, 7) is 2.57. The first-order valence-electron chi connectivity index (χ1n) is 6.31. The van der Waals surface area contributed by atoms with Crippen molar-refractivity contribution in [2.75, 3.05) is 17.7 Å². The minimum Gasteiger partial charge on any atom is -0.364 e. The highest BCUT2D eigenvalue weighted by Crippen LogP contribution is 2.20. The zero-order valence-electron chi connectivity index (χ0n) is 11.3. The molecule has 0 atom stereocenters. The van der Waals surface area contributed by atoms with E-state index in [9.17, 15) is 0 Å². The van der Waals surface area contributed by atoms with Gasteiger partial charge >= 0.3 is 0 Å². The van der Waals surface area contributed by atoms with E-state index in [4.69, 9.17) is 0 Å². The van der Waals surface area contributed by atoms with E-state index in [2.05, 4.69) is 35.8 Å². The van der Waals surface area contributed by atoms with Crippen LogP contribution in [0.4, 0.5) is 11.8 Å². The summed E-state index contributed by atoms with van der Waals surface area (Å²) in [4.78, 5) is 13.1. The number of hydrogen-bond acceptors (Lipinski definition) is 6. The highest BCUT2D eigenvalue weighted by molar-refractivity contribution is 5.86. The molecule has 0 aliphatic carbocycles. The summed E-state index contributed by atoms with van der Waals surface area (Å²) < 4.78 is 0. The van der Waals surface area contributed by atoms with Gasteiger partial charge in [0.1, 0.15) is 5.82 Å². The smallest absolute Gasteiger partial charge is 0.226 e. The Labute approximate surface area is 115 Å². The number of aromatic nitrogens is 5. The average Bonchev–Trinajstić information content (AvgIpc) is 2.93. The van der Waals surface area contributed by atoms with Gasteiger partial charge in [-0.2, -0.15) is 15.1 Å². The molecule has 7 heteroatoms. The second-order valence-corrected chi connectivity index (χ2v) is 4.40. The SMILES string of the molecule is CNc1nc(NCc2cccc(C)n2)c2cn[nH]c2n1. The van der Waals surface area contributed by atoms with Gasteiger partial charge in [-0.25, -0.2) is 0 Å². The molecular weight excluding hydrogens is 254 g/mol. The predicted octanol–water partition coefficient (Wildman–Crippen LogP) is 1.71. The van der Waals surface area contributed by atoms with Crippen molar-refractivity contribution in [2.24, 2.45) is 0 Å². The fourth-order valence-electron chi connectivity index (χ4n) is 1.95. The van der Waals surface area contributed by atoms with Crippen molar-refractivity contribution in [3.05, 3.63) is 35.8 Å². The van der Waals surface area contributed by atoms with Crippen LogP contribution in [0.15, 0.2) is 24.4 Å². The van der Waals surface area contributed by atoms with Crippen LogP contribution in [0.3, 0.4) is 0 Å². The molecule has 3 heterocycles.